The average Bonchev–Trinajstić information content (AvgIpc) is 2.80. The van der Waals surface area contributed by atoms with E-state index in [1.165, 1.54) is 6.07 Å². The number of rotatable bonds is 3. The van der Waals surface area contributed by atoms with Crippen LogP contribution in [0.5, 0.6) is 0 Å². The van der Waals surface area contributed by atoms with E-state index in [9.17, 15) is 4.39 Å². The van der Waals surface area contributed by atoms with Crippen LogP contribution in [0.25, 0.3) is 0 Å². The lowest BCUT2D eigenvalue weighted by Gasteiger charge is -2.18. The Morgan fingerprint density at radius 3 is 2.72 bits per heavy atom. The Morgan fingerprint density at radius 1 is 1.39 bits per heavy atom. The van der Waals surface area contributed by atoms with Gasteiger partial charge in [-0.15, -0.1) is 0 Å². The van der Waals surface area contributed by atoms with Gasteiger partial charge in [-0.05, 0) is 31.6 Å². The van der Waals surface area contributed by atoms with Crippen molar-refractivity contribution in [1.82, 2.24) is 0 Å². The first-order chi connectivity index (χ1) is 8.52. The van der Waals surface area contributed by atoms with Gasteiger partial charge in [0.2, 0.25) is 0 Å². The van der Waals surface area contributed by atoms with Gasteiger partial charge in [0, 0.05) is 11.3 Å². The summed E-state index contributed by atoms with van der Waals surface area (Å²) in [4.78, 5) is 0. The molecule has 1 fully saturated rings. The minimum atomic E-state index is -0.554. The van der Waals surface area contributed by atoms with Gasteiger partial charge in [0.15, 0.2) is 5.82 Å². The zero-order valence-corrected chi connectivity index (χ0v) is 11.7. The summed E-state index contributed by atoms with van der Waals surface area (Å²) in [6.45, 7) is 0. The molecular formula is C12H17ClFN3S. The Hall–Kier alpha value is -0.810. The highest BCUT2D eigenvalue weighted by atomic mass is 35.5. The fourth-order valence-electron chi connectivity index (χ4n) is 2.30. The molecule has 18 heavy (non-hydrogen) atoms. The Balaban J connectivity index is 2.17. The summed E-state index contributed by atoms with van der Waals surface area (Å²) >= 11 is 7.65. The van der Waals surface area contributed by atoms with Crippen molar-refractivity contribution in [3.05, 3.63) is 16.9 Å². The minimum Gasteiger partial charge on any atom is -0.397 e. The molecule has 0 aliphatic heterocycles. The number of benzene rings is 1. The number of nitrogens with one attached hydrogen (secondary N) is 1. The van der Waals surface area contributed by atoms with Crippen LogP contribution >= 0.6 is 23.4 Å². The molecule has 1 aromatic rings. The van der Waals surface area contributed by atoms with E-state index in [0.717, 1.165) is 19.3 Å². The Kier molecular flexibility index (Phi) is 4.12. The maximum absolute atomic E-state index is 14.0. The normalized spacial score (nSPS) is 23.3. The Morgan fingerprint density at radius 2 is 2.11 bits per heavy atom. The van der Waals surface area contributed by atoms with Gasteiger partial charge in [0.25, 0.3) is 0 Å². The molecule has 0 radical (unpaired) electrons. The van der Waals surface area contributed by atoms with Gasteiger partial charge in [0.1, 0.15) is 5.02 Å². The number of nitrogen functional groups attached to an aromatic ring is 2. The number of thioether (sulfide) groups is 1. The lowest BCUT2D eigenvalue weighted by molar-refractivity contribution is 0.626. The monoisotopic (exact) mass is 289 g/mol. The standard InChI is InChI=1S/C12H17ClFN3S/c1-18-7-3-2-6(4-7)17-12-9(16)5-8(15)10(13)11(12)14/h5-7,17H,2-4,15-16H2,1H3. The van der Waals surface area contributed by atoms with E-state index in [1.807, 2.05) is 11.8 Å². The lowest BCUT2D eigenvalue weighted by Crippen LogP contribution is -2.18. The highest BCUT2D eigenvalue weighted by molar-refractivity contribution is 7.99. The molecule has 2 rings (SSSR count). The number of halogens is 2. The van der Waals surface area contributed by atoms with Crippen LogP contribution in [0.1, 0.15) is 19.3 Å². The summed E-state index contributed by atoms with van der Waals surface area (Å²) in [5, 5.41) is 3.73. The van der Waals surface area contributed by atoms with Crippen LogP contribution in [-0.4, -0.2) is 17.5 Å². The lowest BCUT2D eigenvalue weighted by atomic mass is 10.2. The van der Waals surface area contributed by atoms with Gasteiger partial charge in [0.05, 0.1) is 17.1 Å². The summed E-state index contributed by atoms with van der Waals surface area (Å²) in [7, 11) is 0. The van der Waals surface area contributed by atoms with Crippen molar-refractivity contribution in [2.45, 2.75) is 30.6 Å². The maximum atomic E-state index is 14.0. The molecule has 5 N–H and O–H groups in total. The molecule has 6 heteroatoms. The van der Waals surface area contributed by atoms with Crippen molar-refractivity contribution < 1.29 is 4.39 Å². The molecule has 1 aliphatic carbocycles. The van der Waals surface area contributed by atoms with Gasteiger partial charge < -0.3 is 16.8 Å². The van der Waals surface area contributed by atoms with Crippen LogP contribution in [0, 0.1) is 5.82 Å². The van der Waals surface area contributed by atoms with E-state index < -0.39 is 5.82 Å². The van der Waals surface area contributed by atoms with Crippen molar-refractivity contribution in [2.24, 2.45) is 0 Å². The highest BCUT2D eigenvalue weighted by Gasteiger charge is 2.25. The minimum absolute atomic E-state index is 0.0638. The van der Waals surface area contributed by atoms with Crippen molar-refractivity contribution in [3.63, 3.8) is 0 Å². The highest BCUT2D eigenvalue weighted by Crippen LogP contribution is 2.37. The first-order valence-corrected chi connectivity index (χ1v) is 7.51. The van der Waals surface area contributed by atoms with Gasteiger partial charge in [-0.1, -0.05) is 11.6 Å². The Bertz CT molecular complexity index is 455. The summed E-state index contributed by atoms with van der Waals surface area (Å²) in [6.07, 6.45) is 5.28. The molecule has 0 heterocycles. The zero-order chi connectivity index (χ0) is 13.3. The number of anilines is 3. The van der Waals surface area contributed by atoms with Crippen LogP contribution in [-0.2, 0) is 0 Å². The van der Waals surface area contributed by atoms with Crippen LogP contribution in [0.4, 0.5) is 21.5 Å². The molecule has 100 valence electrons. The van der Waals surface area contributed by atoms with Gasteiger partial charge in [-0.25, -0.2) is 4.39 Å². The first-order valence-electron chi connectivity index (χ1n) is 5.85. The van der Waals surface area contributed by atoms with E-state index in [4.69, 9.17) is 23.1 Å². The zero-order valence-electron chi connectivity index (χ0n) is 10.2. The van der Waals surface area contributed by atoms with Crippen LogP contribution in [0.3, 0.4) is 0 Å². The third kappa shape index (κ3) is 2.62. The average molecular weight is 290 g/mol. The van der Waals surface area contributed by atoms with E-state index in [0.29, 0.717) is 10.9 Å². The van der Waals surface area contributed by atoms with Gasteiger partial charge in [-0.3, -0.25) is 0 Å². The van der Waals surface area contributed by atoms with Crippen LogP contribution < -0.4 is 16.8 Å². The molecule has 0 amide bonds. The molecule has 1 aromatic carbocycles. The van der Waals surface area contributed by atoms with Crippen molar-refractivity contribution in [2.75, 3.05) is 23.0 Å². The van der Waals surface area contributed by atoms with E-state index in [-0.39, 0.29) is 22.4 Å². The smallest absolute Gasteiger partial charge is 0.169 e. The molecule has 1 saturated carbocycles. The molecule has 2 unspecified atom stereocenters. The molecule has 1 aliphatic rings. The second-order valence-electron chi connectivity index (χ2n) is 4.57. The quantitative estimate of drug-likeness (QED) is 0.747. The molecule has 0 bridgehead atoms. The summed E-state index contributed by atoms with van der Waals surface area (Å²) in [6, 6.07) is 1.74. The molecule has 0 saturated heterocycles. The Labute approximate surface area is 115 Å². The third-order valence-electron chi connectivity index (χ3n) is 3.33. The second-order valence-corrected chi connectivity index (χ2v) is 6.09. The number of hydrogen-bond donors (Lipinski definition) is 3. The molecule has 0 aromatic heterocycles. The van der Waals surface area contributed by atoms with Crippen molar-refractivity contribution in [1.29, 1.82) is 0 Å². The summed E-state index contributed by atoms with van der Waals surface area (Å²) < 4.78 is 14.0. The molecule has 2 atom stereocenters. The topological polar surface area (TPSA) is 64.1 Å². The molecule has 3 nitrogen and oxygen atoms in total. The van der Waals surface area contributed by atoms with Crippen molar-refractivity contribution in [3.8, 4) is 0 Å². The first kappa shape index (κ1) is 13.6. The predicted octanol–water partition coefficient (Wildman–Crippen LogP) is 3.34. The largest absolute Gasteiger partial charge is 0.397 e. The summed E-state index contributed by atoms with van der Waals surface area (Å²) in [5.41, 5.74) is 12.1. The third-order valence-corrected chi connectivity index (χ3v) is 4.81. The number of hydrogen-bond acceptors (Lipinski definition) is 4. The van der Waals surface area contributed by atoms with E-state index in [2.05, 4.69) is 11.6 Å². The van der Waals surface area contributed by atoms with Crippen LogP contribution in [0.2, 0.25) is 5.02 Å². The maximum Gasteiger partial charge on any atom is 0.169 e. The fourth-order valence-corrected chi connectivity index (χ4v) is 3.25. The second kappa shape index (κ2) is 5.45. The molecule has 0 spiro atoms. The van der Waals surface area contributed by atoms with E-state index in [1.54, 1.807) is 0 Å². The van der Waals surface area contributed by atoms with Gasteiger partial charge >= 0.3 is 0 Å². The molecular weight excluding hydrogens is 273 g/mol. The van der Waals surface area contributed by atoms with E-state index >= 15 is 0 Å². The van der Waals surface area contributed by atoms with Crippen molar-refractivity contribution >= 4 is 40.4 Å². The predicted molar refractivity (Wildman–Crippen MR) is 78.8 cm³/mol. The van der Waals surface area contributed by atoms with Gasteiger partial charge in [-0.2, -0.15) is 11.8 Å². The summed E-state index contributed by atoms with van der Waals surface area (Å²) in [5.74, 6) is -0.554. The van der Waals surface area contributed by atoms with Crippen LogP contribution in [0.15, 0.2) is 6.07 Å². The fraction of sp³-hybridized carbons (Fsp3) is 0.500. The number of nitrogens with two attached hydrogens (primary N) is 2. The SMILES string of the molecule is CSC1CCC(Nc2c(N)cc(N)c(Cl)c2F)C1.